The fraction of sp³-hybridized carbons (Fsp3) is 0.440. The maximum atomic E-state index is 9.74. The molecule has 1 saturated heterocycles. The molecule has 1 saturated carbocycles. The van der Waals surface area contributed by atoms with Gasteiger partial charge in [0.05, 0.1) is 18.7 Å². The molecule has 0 radical (unpaired) electrons. The SMILES string of the molecule is OCc1cn(-c2ccc3c(c2)COC2(CCN(C4CCC4)CC2)O3)c2ccccc12. The lowest BCUT2D eigenvalue weighted by atomic mass is 9.89. The summed E-state index contributed by atoms with van der Waals surface area (Å²) in [7, 11) is 0. The standard InChI is InChI=1S/C25H28N2O3/c28-16-19-15-27(23-7-2-1-6-22(19)23)21-8-9-24-18(14-21)17-29-25(30-24)10-12-26(13-11-25)20-4-3-5-20/h1-2,6-9,14-15,20,28H,3-5,10-13,16-17H2. The first kappa shape index (κ1) is 18.4. The highest BCUT2D eigenvalue weighted by Gasteiger charge is 2.42. The molecule has 0 unspecified atom stereocenters. The number of ether oxygens (including phenoxy) is 2. The van der Waals surface area contributed by atoms with E-state index in [9.17, 15) is 5.11 Å². The molecule has 1 aromatic heterocycles. The summed E-state index contributed by atoms with van der Waals surface area (Å²) in [6, 6.07) is 15.3. The van der Waals surface area contributed by atoms with Crippen LogP contribution in [-0.2, 0) is 18.0 Å². The molecular weight excluding hydrogens is 376 g/mol. The summed E-state index contributed by atoms with van der Waals surface area (Å²) in [5, 5.41) is 10.8. The number of aliphatic hydroxyl groups excluding tert-OH is 1. The monoisotopic (exact) mass is 404 g/mol. The second-order valence-corrected chi connectivity index (χ2v) is 8.91. The minimum atomic E-state index is -0.459. The van der Waals surface area contributed by atoms with Gasteiger partial charge in [0, 0.05) is 60.4 Å². The van der Waals surface area contributed by atoms with Crippen LogP contribution in [0.4, 0.5) is 0 Å². The Morgan fingerprint density at radius 2 is 1.90 bits per heavy atom. The number of hydrogen-bond donors (Lipinski definition) is 1. The van der Waals surface area contributed by atoms with Gasteiger partial charge in [-0.1, -0.05) is 24.6 Å². The van der Waals surface area contributed by atoms with Gasteiger partial charge in [-0.3, -0.25) is 4.90 Å². The Bertz CT molecular complexity index is 1080. The Kier molecular flexibility index (Phi) is 4.37. The number of hydrogen-bond acceptors (Lipinski definition) is 4. The van der Waals surface area contributed by atoms with Gasteiger partial charge in [-0.15, -0.1) is 0 Å². The summed E-state index contributed by atoms with van der Waals surface area (Å²) < 4.78 is 14.9. The van der Waals surface area contributed by atoms with Crippen molar-refractivity contribution in [3.63, 3.8) is 0 Å². The zero-order valence-corrected chi connectivity index (χ0v) is 17.2. The van der Waals surface area contributed by atoms with E-state index in [1.807, 2.05) is 18.3 Å². The van der Waals surface area contributed by atoms with Crippen molar-refractivity contribution < 1.29 is 14.6 Å². The molecule has 156 valence electrons. The Morgan fingerprint density at radius 1 is 1.07 bits per heavy atom. The number of piperidine rings is 1. The lowest BCUT2D eigenvalue weighted by molar-refractivity contribution is -0.231. The van der Waals surface area contributed by atoms with Crippen molar-refractivity contribution in [3.05, 3.63) is 59.8 Å². The van der Waals surface area contributed by atoms with Crippen LogP contribution in [0.2, 0.25) is 0 Å². The summed E-state index contributed by atoms with van der Waals surface area (Å²) in [5.41, 5.74) is 4.18. The summed E-state index contributed by atoms with van der Waals surface area (Å²) in [6.07, 6.45) is 7.98. The number of rotatable bonds is 3. The van der Waals surface area contributed by atoms with Crippen LogP contribution in [-0.4, -0.2) is 39.5 Å². The third kappa shape index (κ3) is 2.96. The number of aliphatic hydroxyl groups is 1. The van der Waals surface area contributed by atoms with Crippen molar-refractivity contribution in [3.8, 4) is 11.4 Å². The van der Waals surface area contributed by atoms with Gasteiger partial charge in [-0.2, -0.15) is 0 Å². The third-order valence-electron chi connectivity index (χ3n) is 7.22. The summed E-state index contributed by atoms with van der Waals surface area (Å²) in [6.45, 7) is 2.75. The minimum Gasteiger partial charge on any atom is -0.462 e. The molecule has 3 aromatic rings. The van der Waals surface area contributed by atoms with E-state index in [1.54, 1.807) is 0 Å². The van der Waals surface area contributed by atoms with Crippen LogP contribution < -0.4 is 4.74 Å². The van der Waals surface area contributed by atoms with Crippen molar-refractivity contribution in [2.75, 3.05) is 13.1 Å². The zero-order valence-electron chi connectivity index (χ0n) is 17.2. The van der Waals surface area contributed by atoms with Crippen molar-refractivity contribution in [2.45, 2.75) is 57.1 Å². The van der Waals surface area contributed by atoms with Gasteiger partial charge in [-0.05, 0) is 37.1 Å². The Hall–Kier alpha value is -2.34. The number of fused-ring (bicyclic) bond motifs is 2. The van der Waals surface area contributed by atoms with Crippen LogP contribution >= 0.6 is 0 Å². The van der Waals surface area contributed by atoms with E-state index in [4.69, 9.17) is 9.47 Å². The fourth-order valence-electron chi connectivity index (χ4n) is 5.19. The van der Waals surface area contributed by atoms with E-state index in [1.165, 1.54) is 19.3 Å². The van der Waals surface area contributed by atoms with E-state index in [2.05, 4.69) is 39.8 Å². The van der Waals surface area contributed by atoms with Gasteiger partial charge >= 0.3 is 0 Å². The van der Waals surface area contributed by atoms with Crippen LogP contribution in [0.1, 0.15) is 43.2 Å². The molecule has 1 N–H and O–H groups in total. The Morgan fingerprint density at radius 3 is 2.67 bits per heavy atom. The smallest absolute Gasteiger partial charge is 0.213 e. The van der Waals surface area contributed by atoms with E-state index in [0.29, 0.717) is 6.61 Å². The van der Waals surface area contributed by atoms with Crippen LogP contribution in [0, 0.1) is 0 Å². The third-order valence-corrected chi connectivity index (χ3v) is 7.22. The van der Waals surface area contributed by atoms with E-state index >= 15 is 0 Å². The van der Waals surface area contributed by atoms with Gasteiger partial charge in [-0.25, -0.2) is 0 Å². The van der Waals surface area contributed by atoms with Gasteiger partial charge in [0.1, 0.15) is 5.75 Å². The summed E-state index contributed by atoms with van der Waals surface area (Å²) in [4.78, 5) is 2.62. The molecule has 30 heavy (non-hydrogen) atoms. The Balaban J connectivity index is 1.26. The molecule has 3 heterocycles. The lowest BCUT2D eigenvalue weighted by Crippen LogP contribution is -2.54. The molecule has 3 aliphatic rings. The van der Waals surface area contributed by atoms with Crippen LogP contribution in [0.25, 0.3) is 16.6 Å². The first-order valence-corrected chi connectivity index (χ1v) is 11.1. The van der Waals surface area contributed by atoms with Crippen LogP contribution in [0.5, 0.6) is 5.75 Å². The molecular formula is C25H28N2O3. The van der Waals surface area contributed by atoms with Gasteiger partial charge in [0.15, 0.2) is 0 Å². The van der Waals surface area contributed by atoms with Crippen molar-refractivity contribution >= 4 is 10.9 Å². The van der Waals surface area contributed by atoms with Crippen molar-refractivity contribution in [1.29, 1.82) is 0 Å². The van der Waals surface area contributed by atoms with Gasteiger partial charge in [0.25, 0.3) is 0 Å². The molecule has 1 aliphatic carbocycles. The van der Waals surface area contributed by atoms with Crippen LogP contribution in [0.3, 0.4) is 0 Å². The van der Waals surface area contributed by atoms with Crippen LogP contribution in [0.15, 0.2) is 48.7 Å². The average molecular weight is 405 g/mol. The van der Waals surface area contributed by atoms with Gasteiger partial charge < -0.3 is 19.1 Å². The number of nitrogens with zero attached hydrogens (tertiary/aromatic N) is 2. The van der Waals surface area contributed by atoms with Gasteiger partial charge in [0.2, 0.25) is 5.79 Å². The van der Waals surface area contributed by atoms with E-state index in [-0.39, 0.29) is 6.61 Å². The van der Waals surface area contributed by atoms with Crippen molar-refractivity contribution in [1.82, 2.24) is 9.47 Å². The molecule has 5 heteroatoms. The molecule has 0 atom stereocenters. The molecule has 0 amide bonds. The lowest BCUT2D eigenvalue weighted by Gasteiger charge is -2.47. The predicted octanol–water partition coefficient (Wildman–Crippen LogP) is 4.38. The predicted molar refractivity (Wildman–Crippen MR) is 116 cm³/mol. The maximum absolute atomic E-state index is 9.74. The summed E-state index contributed by atoms with van der Waals surface area (Å²) in [5.74, 6) is 0.486. The molecule has 2 aromatic carbocycles. The van der Waals surface area contributed by atoms with E-state index in [0.717, 1.165) is 65.4 Å². The normalized spacial score (nSPS) is 21.4. The average Bonchev–Trinajstić information content (AvgIpc) is 3.13. The summed E-state index contributed by atoms with van der Waals surface area (Å²) >= 11 is 0. The quantitative estimate of drug-likeness (QED) is 0.704. The highest BCUT2D eigenvalue weighted by atomic mass is 16.7. The highest BCUT2D eigenvalue weighted by Crippen LogP contribution is 2.40. The number of para-hydroxylation sites is 1. The maximum Gasteiger partial charge on any atom is 0.213 e. The largest absolute Gasteiger partial charge is 0.462 e. The molecule has 0 bridgehead atoms. The molecule has 5 nitrogen and oxygen atoms in total. The Labute approximate surface area is 176 Å². The number of likely N-dealkylation sites (tertiary alicyclic amines) is 1. The first-order valence-electron chi connectivity index (χ1n) is 11.1. The number of aromatic nitrogens is 1. The highest BCUT2D eigenvalue weighted by molar-refractivity contribution is 5.85. The molecule has 2 aliphatic heterocycles. The second kappa shape index (κ2) is 7.12. The number of benzene rings is 2. The molecule has 2 fully saturated rings. The molecule has 1 spiro atoms. The minimum absolute atomic E-state index is 0.0328. The topological polar surface area (TPSA) is 46.9 Å². The fourth-order valence-corrected chi connectivity index (χ4v) is 5.19. The zero-order chi connectivity index (χ0) is 20.1. The first-order chi connectivity index (χ1) is 14.7. The van der Waals surface area contributed by atoms with Crippen molar-refractivity contribution in [2.24, 2.45) is 0 Å². The second-order valence-electron chi connectivity index (χ2n) is 8.91. The molecule has 6 rings (SSSR count). The van der Waals surface area contributed by atoms with E-state index < -0.39 is 5.79 Å².